The third-order valence-electron chi connectivity index (χ3n) is 3.84. The summed E-state index contributed by atoms with van der Waals surface area (Å²) in [4.78, 5) is 20.1. The topological polar surface area (TPSA) is 85.4 Å². The molecule has 0 saturated carbocycles. The molecule has 0 aliphatic carbocycles. The van der Waals surface area contributed by atoms with Gasteiger partial charge in [0.25, 0.3) is 0 Å². The van der Waals surface area contributed by atoms with E-state index in [0.717, 1.165) is 22.7 Å². The minimum atomic E-state index is -0.393. The van der Waals surface area contributed by atoms with Crippen molar-refractivity contribution in [3.8, 4) is 5.75 Å². The van der Waals surface area contributed by atoms with Crippen molar-refractivity contribution in [2.45, 2.75) is 6.92 Å². The molecule has 0 saturated heterocycles. The zero-order valence-electron chi connectivity index (χ0n) is 15.3. The van der Waals surface area contributed by atoms with E-state index in [-0.39, 0.29) is 0 Å². The number of carbonyl (C=O) groups is 1. The number of rotatable bonds is 6. The van der Waals surface area contributed by atoms with Gasteiger partial charge in [0.05, 0.1) is 25.5 Å². The van der Waals surface area contributed by atoms with Crippen LogP contribution in [-0.4, -0.2) is 30.2 Å². The summed E-state index contributed by atoms with van der Waals surface area (Å²) >= 11 is 0. The number of carbonyl (C=O) groups excluding carboxylic acids is 1. The summed E-state index contributed by atoms with van der Waals surface area (Å²) in [7, 11) is 2.97. The van der Waals surface area contributed by atoms with Gasteiger partial charge in [-0.3, -0.25) is 0 Å². The number of methoxy groups -OCH3 is 2. The molecule has 0 aliphatic heterocycles. The van der Waals surface area contributed by atoms with Gasteiger partial charge < -0.3 is 20.1 Å². The van der Waals surface area contributed by atoms with Gasteiger partial charge in [0.1, 0.15) is 23.7 Å². The van der Waals surface area contributed by atoms with Gasteiger partial charge in [0.2, 0.25) is 0 Å². The summed E-state index contributed by atoms with van der Waals surface area (Å²) in [6, 6.07) is 14.6. The molecule has 0 bridgehead atoms. The number of esters is 1. The minimum absolute atomic E-state index is 0.393. The predicted octanol–water partition coefficient (Wildman–Crippen LogP) is 4.07. The molecule has 3 aromatic rings. The zero-order valence-corrected chi connectivity index (χ0v) is 15.3. The van der Waals surface area contributed by atoms with E-state index in [9.17, 15) is 4.79 Å². The number of aromatic nitrogens is 2. The van der Waals surface area contributed by atoms with Gasteiger partial charge in [0, 0.05) is 11.8 Å². The Morgan fingerprint density at radius 2 is 1.74 bits per heavy atom. The van der Waals surface area contributed by atoms with E-state index >= 15 is 0 Å². The monoisotopic (exact) mass is 364 g/mol. The number of ether oxygens (including phenoxy) is 2. The summed E-state index contributed by atoms with van der Waals surface area (Å²) in [5, 5.41) is 6.40. The number of hydrogen-bond acceptors (Lipinski definition) is 7. The normalized spacial score (nSPS) is 10.2. The lowest BCUT2D eigenvalue weighted by molar-refractivity contribution is 0.0601. The van der Waals surface area contributed by atoms with Crippen molar-refractivity contribution in [1.82, 2.24) is 9.97 Å². The Kier molecular flexibility index (Phi) is 5.51. The highest BCUT2D eigenvalue weighted by atomic mass is 16.5. The van der Waals surface area contributed by atoms with E-state index in [1.54, 1.807) is 31.4 Å². The number of hydrogen-bond donors (Lipinski definition) is 2. The molecule has 2 aromatic carbocycles. The SMILES string of the molecule is COC(=O)c1cccc(Nc2cc(Nc3cc(C)ccc3OC)ncn2)c1. The first-order chi connectivity index (χ1) is 13.1. The molecule has 7 nitrogen and oxygen atoms in total. The number of nitrogens with zero attached hydrogens (tertiary/aromatic N) is 2. The summed E-state index contributed by atoms with van der Waals surface area (Å²) < 4.78 is 10.1. The fourth-order valence-electron chi connectivity index (χ4n) is 2.54. The zero-order chi connectivity index (χ0) is 19.2. The summed E-state index contributed by atoms with van der Waals surface area (Å²) in [6.45, 7) is 2.01. The second-order valence-electron chi connectivity index (χ2n) is 5.81. The summed E-state index contributed by atoms with van der Waals surface area (Å²) in [5.74, 6) is 1.52. The maximum Gasteiger partial charge on any atom is 0.337 e. The van der Waals surface area contributed by atoms with Crippen molar-refractivity contribution >= 4 is 29.0 Å². The van der Waals surface area contributed by atoms with E-state index in [1.165, 1.54) is 13.4 Å². The Morgan fingerprint density at radius 1 is 0.963 bits per heavy atom. The summed E-state index contributed by atoms with van der Waals surface area (Å²) in [5.41, 5.74) is 3.09. The van der Waals surface area contributed by atoms with Crippen LogP contribution >= 0.6 is 0 Å². The number of aryl methyl sites for hydroxylation is 1. The van der Waals surface area contributed by atoms with Crippen LogP contribution < -0.4 is 15.4 Å². The van der Waals surface area contributed by atoms with Crippen molar-refractivity contribution in [3.63, 3.8) is 0 Å². The molecular weight excluding hydrogens is 344 g/mol. The van der Waals surface area contributed by atoms with Gasteiger partial charge in [0.15, 0.2) is 0 Å². The van der Waals surface area contributed by atoms with Crippen molar-refractivity contribution in [2.75, 3.05) is 24.9 Å². The van der Waals surface area contributed by atoms with Crippen LogP contribution in [0.15, 0.2) is 54.9 Å². The molecule has 2 N–H and O–H groups in total. The molecule has 0 aliphatic rings. The lowest BCUT2D eigenvalue weighted by Gasteiger charge is -2.12. The van der Waals surface area contributed by atoms with Crippen LogP contribution in [0, 0.1) is 6.92 Å². The Balaban J connectivity index is 1.80. The smallest absolute Gasteiger partial charge is 0.337 e. The molecule has 138 valence electrons. The van der Waals surface area contributed by atoms with Crippen LogP contribution in [0.2, 0.25) is 0 Å². The van der Waals surface area contributed by atoms with Crippen LogP contribution in [0.1, 0.15) is 15.9 Å². The largest absolute Gasteiger partial charge is 0.495 e. The van der Waals surface area contributed by atoms with Gasteiger partial charge in [-0.1, -0.05) is 12.1 Å². The number of nitrogens with one attached hydrogen (secondary N) is 2. The van der Waals surface area contributed by atoms with Crippen molar-refractivity contribution in [2.24, 2.45) is 0 Å². The van der Waals surface area contributed by atoms with Gasteiger partial charge in [-0.15, -0.1) is 0 Å². The quantitative estimate of drug-likeness (QED) is 0.638. The third kappa shape index (κ3) is 4.52. The molecule has 0 atom stereocenters. The molecule has 0 fully saturated rings. The van der Waals surface area contributed by atoms with Crippen LogP contribution in [0.5, 0.6) is 5.75 Å². The predicted molar refractivity (Wildman–Crippen MR) is 104 cm³/mol. The molecule has 3 rings (SSSR count). The van der Waals surface area contributed by atoms with Crippen molar-refractivity contribution in [1.29, 1.82) is 0 Å². The fourth-order valence-corrected chi connectivity index (χ4v) is 2.54. The Bertz CT molecular complexity index is 959. The fraction of sp³-hybridized carbons (Fsp3) is 0.150. The van der Waals surface area contributed by atoms with E-state index in [0.29, 0.717) is 17.2 Å². The van der Waals surface area contributed by atoms with Crippen LogP contribution in [0.25, 0.3) is 0 Å². The first kappa shape index (κ1) is 18.2. The molecule has 0 spiro atoms. The second kappa shape index (κ2) is 8.18. The van der Waals surface area contributed by atoms with Gasteiger partial charge >= 0.3 is 5.97 Å². The molecule has 1 aromatic heterocycles. The maximum atomic E-state index is 11.7. The third-order valence-corrected chi connectivity index (χ3v) is 3.84. The average Bonchev–Trinajstić information content (AvgIpc) is 2.68. The second-order valence-corrected chi connectivity index (χ2v) is 5.81. The molecule has 7 heteroatoms. The van der Waals surface area contributed by atoms with E-state index in [1.807, 2.05) is 31.2 Å². The molecule has 1 heterocycles. The lowest BCUT2D eigenvalue weighted by atomic mass is 10.2. The lowest BCUT2D eigenvalue weighted by Crippen LogP contribution is -2.03. The van der Waals surface area contributed by atoms with Gasteiger partial charge in [-0.25, -0.2) is 14.8 Å². The van der Waals surface area contributed by atoms with Crippen LogP contribution in [0.3, 0.4) is 0 Å². The molecule has 27 heavy (non-hydrogen) atoms. The first-order valence-electron chi connectivity index (χ1n) is 8.28. The molecule has 0 unspecified atom stereocenters. The number of benzene rings is 2. The van der Waals surface area contributed by atoms with E-state index < -0.39 is 5.97 Å². The Labute approximate surface area is 157 Å². The summed E-state index contributed by atoms with van der Waals surface area (Å²) in [6.07, 6.45) is 1.46. The Hall–Kier alpha value is -3.61. The van der Waals surface area contributed by atoms with E-state index in [4.69, 9.17) is 9.47 Å². The van der Waals surface area contributed by atoms with Crippen molar-refractivity contribution in [3.05, 3.63) is 66.0 Å². The average molecular weight is 364 g/mol. The highest BCUT2D eigenvalue weighted by molar-refractivity contribution is 5.90. The standard InChI is InChI=1S/C20H20N4O3/c1-13-7-8-17(26-2)16(9-13)24-19-11-18(21-12-22-19)23-15-6-4-5-14(10-15)20(25)27-3/h4-12H,1-3H3,(H2,21,22,23,24). The van der Waals surface area contributed by atoms with Gasteiger partial charge in [-0.2, -0.15) is 0 Å². The Morgan fingerprint density at radius 3 is 2.48 bits per heavy atom. The molecule has 0 amide bonds. The maximum absolute atomic E-state index is 11.7. The highest BCUT2D eigenvalue weighted by Crippen LogP contribution is 2.28. The van der Waals surface area contributed by atoms with Crippen LogP contribution in [-0.2, 0) is 4.74 Å². The van der Waals surface area contributed by atoms with Gasteiger partial charge in [-0.05, 0) is 42.8 Å². The molecule has 0 radical (unpaired) electrons. The first-order valence-corrected chi connectivity index (χ1v) is 8.28. The van der Waals surface area contributed by atoms with Crippen LogP contribution in [0.4, 0.5) is 23.0 Å². The van der Waals surface area contributed by atoms with E-state index in [2.05, 4.69) is 20.6 Å². The highest BCUT2D eigenvalue weighted by Gasteiger charge is 2.08. The molecular formula is C20H20N4O3. The van der Waals surface area contributed by atoms with Crippen molar-refractivity contribution < 1.29 is 14.3 Å². The minimum Gasteiger partial charge on any atom is -0.495 e. The number of anilines is 4.